The smallest absolute Gasteiger partial charge is 0.416 e. The molecule has 8 nitrogen and oxygen atoms in total. The van der Waals surface area contributed by atoms with Gasteiger partial charge >= 0.3 is 6.18 Å². The summed E-state index contributed by atoms with van der Waals surface area (Å²) >= 11 is 6.40. The average Bonchev–Trinajstić information content (AvgIpc) is 2.98. The van der Waals surface area contributed by atoms with Crippen LogP contribution in [0.5, 0.6) is 11.6 Å². The SMILES string of the molecule is CCc1nccc(-c2cccnc2Oc2ccc(Cl)c(NC(=O)c3cc(C(F)(F)F)ccc3N(C)CCCN(C)C)c2)n1. The number of nitrogens with one attached hydrogen (secondary N) is 1. The molecular formula is C31H32ClF3N6O2. The van der Waals surface area contributed by atoms with Crippen LogP contribution in [0.4, 0.5) is 24.5 Å². The summed E-state index contributed by atoms with van der Waals surface area (Å²) in [6, 6.07) is 13.1. The summed E-state index contributed by atoms with van der Waals surface area (Å²) in [4.78, 5) is 30.4. The van der Waals surface area contributed by atoms with E-state index in [1.165, 1.54) is 18.2 Å². The van der Waals surface area contributed by atoms with Crippen molar-refractivity contribution in [2.45, 2.75) is 25.9 Å². The highest BCUT2D eigenvalue weighted by molar-refractivity contribution is 6.34. The molecule has 12 heteroatoms. The zero-order valence-electron chi connectivity index (χ0n) is 24.2. The fourth-order valence-electron chi connectivity index (χ4n) is 4.32. The number of carbonyl (C=O) groups excluding carboxylic acids is 1. The standard InChI is InChI=1S/C31H32ClF3N6O2/c1-5-28-36-15-13-25(38-28)22-8-6-14-37-30(22)43-21-10-11-24(32)26(19-21)39-29(42)23-18-20(31(33,34)35)9-12-27(23)41(4)17-7-16-40(2)3/h6,8-15,18-19H,5,7,16-17H2,1-4H3,(H,39,42). The Labute approximate surface area is 253 Å². The molecule has 2 aromatic heterocycles. The second kappa shape index (κ2) is 13.8. The van der Waals surface area contributed by atoms with Crippen molar-refractivity contribution in [3.05, 3.63) is 89.0 Å². The molecule has 0 aliphatic rings. The lowest BCUT2D eigenvalue weighted by Gasteiger charge is -2.24. The lowest BCUT2D eigenvalue weighted by atomic mass is 10.1. The van der Waals surface area contributed by atoms with E-state index in [4.69, 9.17) is 16.3 Å². The molecule has 4 aromatic rings. The maximum Gasteiger partial charge on any atom is 0.416 e. The predicted molar refractivity (Wildman–Crippen MR) is 162 cm³/mol. The van der Waals surface area contributed by atoms with E-state index in [1.807, 2.05) is 32.0 Å². The van der Waals surface area contributed by atoms with Crippen molar-refractivity contribution in [1.82, 2.24) is 19.9 Å². The summed E-state index contributed by atoms with van der Waals surface area (Å²) in [6.45, 7) is 3.27. The van der Waals surface area contributed by atoms with E-state index >= 15 is 0 Å². The number of nitrogens with zero attached hydrogens (tertiary/aromatic N) is 5. The molecule has 0 unspecified atom stereocenters. The van der Waals surface area contributed by atoms with Crippen LogP contribution in [0.15, 0.2) is 67.0 Å². The number of hydrogen-bond acceptors (Lipinski definition) is 7. The zero-order valence-corrected chi connectivity index (χ0v) is 25.0. The molecule has 0 bridgehead atoms. The molecule has 2 aromatic carbocycles. The van der Waals surface area contributed by atoms with Crippen LogP contribution >= 0.6 is 11.6 Å². The molecule has 2 heterocycles. The van der Waals surface area contributed by atoms with Gasteiger partial charge in [0.25, 0.3) is 5.91 Å². The van der Waals surface area contributed by atoms with Crippen LogP contribution < -0.4 is 15.0 Å². The molecule has 0 saturated heterocycles. The lowest BCUT2D eigenvalue weighted by Crippen LogP contribution is -2.26. The Kier molecular flexibility index (Phi) is 10.2. The fraction of sp³-hybridized carbons (Fsp3) is 0.290. The minimum absolute atomic E-state index is 0.132. The van der Waals surface area contributed by atoms with Crippen molar-refractivity contribution in [1.29, 1.82) is 0 Å². The van der Waals surface area contributed by atoms with Crippen molar-refractivity contribution in [2.24, 2.45) is 0 Å². The first kappa shape index (κ1) is 31.7. The highest BCUT2D eigenvalue weighted by Crippen LogP contribution is 2.36. The molecule has 0 saturated carbocycles. The minimum Gasteiger partial charge on any atom is -0.438 e. The molecule has 0 fully saturated rings. The number of benzene rings is 2. The van der Waals surface area contributed by atoms with Gasteiger partial charge in [0.15, 0.2) is 0 Å². The van der Waals surface area contributed by atoms with E-state index in [1.54, 1.807) is 42.5 Å². The molecule has 43 heavy (non-hydrogen) atoms. The highest BCUT2D eigenvalue weighted by Gasteiger charge is 2.32. The number of anilines is 2. The topological polar surface area (TPSA) is 83.5 Å². The number of amides is 1. The number of aryl methyl sites for hydroxylation is 1. The van der Waals surface area contributed by atoms with Crippen LogP contribution in [0, 0.1) is 0 Å². The number of carbonyl (C=O) groups is 1. The lowest BCUT2D eigenvalue weighted by molar-refractivity contribution is -0.137. The normalized spacial score (nSPS) is 11.5. The Bertz CT molecular complexity index is 1580. The summed E-state index contributed by atoms with van der Waals surface area (Å²) in [6.07, 6.45) is 0.0225. The van der Waals surface area contributed by atoms with Gasteiger partial charge in [0.05, 0.1) is 33.1 Å². The van der Waals surface area contributed by atoms with Crippen molar-refractivity contribution in [2.75, 3.05) is 44.4 Å². The van der Waals surface area contributed by atoms with Gasteiger partial charge in [0.1, 0.15) is 11.6 Å². The van der Waals surface area contributed by atoms with Gasteiger partial charge in [0.2, 0.25) is 5.88 Å². The molecule has 0 atom stereocenters. The molecule has 226 valence electrons. The van der Waals surface area contributed by atoms with Crippen molar-refractivity contribution in [3.63, 3.8) is 0 Å². The van der Waals surface area contributed by atoms with Gasteiger partial charge < -0.3 is 19.9 Å². The van der Waals surface area contributed by atoms with E-state index in [0.717, 1.165) is 25.1 Å². The second-order valence-electron chi connectivity index (χ2n) is 10.1. The van der Waals surface area contributed by atoms with E-state index in [-0.39, 0.29) is 22.2 Å². The van der Waals surface area contributed by atoms with Crippen LogP contribution in [-0.4, -0.2) is 60.0 Å². The van der Waals surface area contributed by atoms with Crippen LogP contribution in [0.25, 0.3) is 11.3 Å². The molecule has 1 N–H and O–H groups in total. The van der Waals surface area contributed by atoms with E-state index in [0.29, 0.717) is 41.5 Å². The number of ether oxygens (including phenoxy) is 1. The molecule has 0 aliphatic heterocycles. The highest BCUT2D eigenvalue weighted by atomic mass is 35.5. The maximum absolute atomic E-state index is 13.6. The largest absolute Gasteiger partial charge is 0.438 e. The van der Waals surface area contributed by atoms with E-state index in [9.17, 15) is 18.0 Å². The maximum atomic E-state index is 13.6. The molecule has 4 rings (SSSR count). The Morgan fingerprint density at radius 1 is 1.00 bits per heavy atom. The summed E-state index contributed by atoms with van der Waals surface area (Å²) in [5, 5.41) is 2.85. The van der Waals surface area contributed by atoms with Crippen LogP contribution in [0.3, 0.4) is 0 Å². The molecule has 0 aliphatic carbocycles. The predicted octanol–water partition coefficient (Wildman–Crippen LogP) is 7.21. The second-order valence-corrected chi connectivity index (χ2v) is 10.5. The van der Waals surface area contributed by atoms with Gasteiger partial charge in [-0.1, -0.05) is 18.5 Å². The monoisotopic (exact) mass is 612 g/mol. The van der Waals surface area contributed by atoms with Gasteiger partial charge in [-0.2, -0.15) is 13.2 Å². The molecule has 1 amide bonds. The number of halogens is 4. The van der Waals surface area contributed by atoms with Gasteiger partial charge in [-0.3, -0.25) is 4.79 Å². The van der Waals surface area contributed by atoms with Crippen molar-refractivity contribution < 1.29 is 22.7 Å². The zero-order chi connectivity index (χ0) is 31.1. The van der Waals surface area contributed by atoms with Gasteiger partial charge in [-0.15, -0.1) is 0 Å². The van der Waals surface area contributed by atoms with E-state index in [2.05, 4.69) is 20.3 Å². The fourth-order valence-corrected chi connectivity index (χ4v) is 4.49. The number of hydrogen-bond donors (Lipinski definition) is 1. The van der Waals surface area contributed by atoms with Gasteiger partial charge in [0, 0.05) is 44.2 Å². The van der Waals surface area contributed by atoms with Gasteiger partial charge in [-0.05, 0) is 75.6 Å². The van der Waals surface area contributed by atoms with E-state index < -0.39 is 17.6 Å². The van der Waals surface area contributed by atoms with Crippen LogP contribution in [0.1, 0.15) is 35.1 Å². The van der Waals surface area contributed by atoms with Crippen molar-refractivity contribution >= 4 is 28.9 Å². The molecule has 0 radical (unpaired) electrons. The molecular weight excluding hydrogens is 581 g/mol. The average molecular weight is 613 g/mol. The Morgan fingerprint density at radius 2 is 1.79 bits per heavy atom. The number of aromatic nitrogens is 3. The third-order valence-corrected chi connectivity index (χ3v) is 6.88. The van der Waals surface area contributed by atoms with Gasteiger partial charge in [-0.25, -0.2) is 15.0 Å². The van der Waals surface area contributed by atoms with Crippen LogP contribution in [0.2, 0.25) is 5.02 Å². The Hall–Kier alpha value is -4.22. The number of alkyl halides is 3. The quantitative estimate of drug-likeness (QED) is 0.192. The summed E-state index contributed by atoms with van der Waals surface area (Å²) in [7, 11) is 5.61. The Balaban J connectivity index is 1.62. The summed E-state index contributed by atoms with van der Waals surface area (Å²) < 4.78 is 46.9. The first-order chi connectivity index (χ1) is 20.5. The molecule has 0 spiro atoms. The first-order valence-electron chi connectivity index (χ1n) is 13.6. The summed E-state index contributed by atoms with van der Waals surface area (Å²) in [5.41, 5.74) is 0.727. The number of pyridine rings is 1. The first-order valence-corrected chi connectivity index (χ1v) is 14.0. The third-order valence-electron chi connectivity index (χ3n) is 6.55. The summed E-state index contributed by atoms with van der Waals surface area (Å²) in [5.74, 6) is 0.490. The minimum atomic E-state index is -4.62. The third kappa shape index (κ3) is 8.20. The van der Waals surface area contributed by atoms with Crippen molar-refractivity contribution in [3.8, 4) is 22.9 Å². The Morgan fingerprint density at radius 3 is 2.51 bits per heavy atom. The van der Waals surface area contributed by atoms with Crippen LogP contribution in [-0.2, 0) is 12.6 Å². The number of rotatable bonds is 11.